The summed E-state index contributed by atoms with van der Waals surface area (Å²) < 4.78 is 58.6. The van der Waals surface area contributed by atoms with Crippen LogP contribution in [0.3, 0.4) is 0 Å². The van der Waals surface area contributed by atoms with Crippen LogP contribution in [0.15, 0.2) is 29.2 Å². The third kappa shape index (κ3) is 15.4. The number of esters is 3. The number of rotatable bonds is 19. The van der Waals surface area contributed by atoms with Crippen LogP contribution >= 0.6 is 0 Å². The highest BCUT2D eigenvalue weighted by Gasteiger charge is 2.55. The van der Waals surface area contributed by atoms with Gasteiger partial charge in [0, 0.05) is 69.1 Å². The average molecular weight is 1120 g/mol. The van der Waals surface area contributed by atoms with Crippen molar-refractivity contribution < 1.29 is 77.1 Å². The fourth-order valence-electron chi connectivity index (χ4n) is 12.0. The second-order valence-corrected chi connectivity index (χ2v) is 23.7. The Morgan fingerprint density at radius 1 is 0.899 bits per heavy atom. The molecule has 0 saturated carbocycles. The van der Waals surface area contributed by atoms with Gasteiger partial charge in [0.1, 0.15) is 34.8 Å². The number of ether oxygens (including phenoxy) is 9. The highest BCUT2D eigenvalue weighted by atomic mass is 16.7. The fraction of sp³-hybridized carbons (Fsp3) is 0.780. The molecule has 448 valence electrons. The highest BCUT2D eigenvalue weighted by molar-refractivity contribution is 5.94. The van der Waals surface area contributed by atoms with Crippen LogP contribution in [-0.2, 0) is 70.0 Å². The van der Waals surface area contributed by atoms with E-state index in [4.69, 9.17) is 42.6 Å². The van der Waals surface area contributed by atoms with Crippen molar-refractivity contribution in [3.8, 4) is 0 Å². The number of hydrogen-bond donors (Lipinski definition) is 4. The van der Waals surface area contributed by atoms with E-state index in [1.54, 1.807) is 68.5 Å². The van der Waals surface area contributed by atoms with Gasteiger partial charge in [0.2, 0.25) is 5.43 Å². The zero-order valence-corrected chi connectivity index (χ0v) is 50.1. The fourth-order valence-corrected chi connectivity index (χ4v) is 12.0. The molecule has 3 saturated heterocycles. The maximum atomic E-state index is 14.6. The van der Waals surface area contributed by atoms with Gasteiger partial charge in [0.25, 0.3) is 0 Å². The number of likely N-dealkylation sites (N-methyl/N-ethyl adjacent to an activating group) is 1. The van der Waals surface area contributed by atoms with Crippen molar-refractivity contribution in [2.75, 3.05) is 41.4 Å². The summed E-state index contributed by atoms with van der Waals surface area (Å²) in [5, 5.41) is 39.1. The molecular formula is C59H95N3O17. The lowest BCUT2D eigenvalue weighted by atomic mass is 9.74. The number of nitrogens with zero attached hydrogens (tertiary/aromatic N) is 2. The molecule has 4 N–H and O–H groups in total. The van der Waals surface area contributed by atoms with E-state index < -0.39 is 114 Å². The van der Waals surface area contributed by atoms with Crippen molar-refractivity contribution in [1.29, 1.82) is 0 Å². The molecule has 0 radical (unpaired) electrons. The molecule has 20 heteroatoms. The molecule has 1 aromatic heterocycles. The molecule has 3 aliphatic rings. The Bertz CT molecular complexity index is 2430. The number of benzene rings is 1. The van der Waals surface area contributed by atoms with Crippen LogP contribution in [-0.4, -0.2) is 180 Å². The molecule has 5 rings (SSSR count). The van der Waals surface area contributed by atoms with Crippen molar-refractivity contribution in [2.24, 2.45) is 23.7 Å². The normalized spacial score (nSPS) is 36.3. The van der Waals surface area contributed by atoms with Crippen LogP contribution in [0.2, 0.25) is 0 Å². The first kappa shape index (κ1) is 65.9. The van der Waals surface area contributed by atoms with E-state index in [9.17, 15) is 39.3 Å². The van der Waals surface area contributed by atoms with Crippen molar-refractivity contribution in [3.05, 3.63) is 45.7 Å². The molecular weight excluding hydrogens is 1020 g/mol. The molecule has 2 aromatic rings. The van der Waals surface area contributed by atoms with Crippen LogP contribution in [0.4, 0.5) is 0 Å². The minimum Gasteiger partial charge on any atom is -0.459 e. The van der Waals surface area contributed by atoms with E-state index in [2.05, 4.69) is 5.32 Å². The van der Waals surface area contributed by atoms with Gasteiger partial charge in [-0.2, -0.15) is 0 Å². The van der Waals surface area contributed by atoms with Gasteiger partial charge in [-0.1, -0.05) is 33.8 Å². The molecule has 3 aliphatic heterocycles. The SMILES string of the molecule is CC[C@@H]1OC(=O)[C@H](C)[C@@H](O[C@H]2C[C@](C)(OC)[C@H](OC(=O)CCNCCCc3ccc4c(c3)c(=O)c(C(=O)OC(C)C)cn4CC)[C@H](C)O2)[C@@H](C)[C@@H](O[C@@H]2O[C@H](C)C[C@H](N(C)C)[C@@H]2O)[C@](C)(OC)C[C@H](C)C(=O)[C@H](C)[C@@H](O)[C@]1(C)O. The minimum atomic E-state index is -2.03. The summed E-state index contributed by atoms with van der Waals surface area (Å²) in [6, 6.07) is 5.36. The maximum Gasteiger partial charge on any atom is 0.343 e. The number of aromatic nitrogens is 1. The average Bonchev–Trinajstić information content (AvgIpc) is 3.44. The van der Waals surface area contributed by atoms with Crippen molar-refractivity contribution >= 4 is 34.6 Å². The Morgan fingerprint density at radius 2 is 1.56 bits per heavy atom. The second-order valence-electron chi connectivity index (χ2n) is 23.7. The second kappa shape index (κ2) is 27.9. The standard InChI is InChI=1S/C59H95N3O17/c1-18-44-59(13,70)51(67)35(7)47(64)33(5)29-57(11,71-16)52(79-56-49(66)43(61(14)15)27-34(6)74-56)36(8)50(37(9)54(68)76-44)78-46-30-58(12,72-17)53(38(10)75-46)77-45(63)24-26-60-25-20-21-39-22-23-42-40(28-39)48(65)41(31-62(42)19-2)55(69)73-32(3)4/h22-23,28,31-38,43-44,46,49-53,56,60,66-67,70H,18-21,24-27,29-30H2,1-17H3/t33-,34+,35-,36+,37+,38-,43-,44-,46-,49-,50-,51+,52+,53+,56-,57+,58-,59+/m0/s1. The van der Waals surface area contributed by atoms with Crippen LogP contribution in [0.5, 0.6) is 0 Å². The van der Waals surface area contributed by atoms with E-state index in [0.29, 0.717) is 44.3 Å². The maximum absolute atomic E-state index is 14.6. The monoisotopic (exact) mass is 1120 g/mol. The summed E-state index contributed by atoms with van der Waals surface area (Å²) in [6.07, 6.45) is -6.96. The van der Waals surface area contributed by atoms with E-state index in [1.165, 1.54) is 21.1 Å². The third-order valence-corrected chi connectivity index (χ3v) is 16.9. The number of aliphatic hydroxyl groups is 3. The number of hydrogen-bond acceptors (Lipinski definition) is 19. The summed E-state index contributed by atoms with van der Waals surface area (Å²) in [6.45, 7) is 23.9. The first-order chi connectivity index (χ1) is 37.0. The number of carbonyl (C=O) groups is 4. The van der Waals surface area contributed by atoms with Gasteiger partial charge in [-0.3, -0.25) is 19.2 Å². The predicted octanol–water partition coefficient (Wildman–Crippen LogP) is 5.50. The quantitative estimate of drug-likeness (QED) is 0.0770. The summed E-state index contributed by atoms with van der Waals surface area (Å²) in [5.74, 6) is -5.95. The zero-order valence-electron chi connectivity index (χ0n) is 50.1. The van der Waals surface area contributed by atoms with E-state index in [0.717, 1.165) is 11.1 Å². The Labute approximate surface area is 467 Å². The van der Waals surface area contributed by atoms with Crippen LogP contribution in [0.1, 0.15) is 144 Å². The Hall–Kier alpha value is -3.93. The Morgan fingerprint density at radius 3 is 2.16 bits per heavy atom. The van der Waals surface area contributed by atoms with E-state index in [-0.39, 0.29) is 60.7 Å². The lowest BCUT2D eigenvalue weighted by Crippen LogP contribution is -2.61. The molecule has 3 fully saturated rings. The number of carbonyl (C=O) groups excluding carboxylic acids is 4. The van der Waals surface area contributed by atoms with Gasteiger partial charge >= 0.3 is 17.9 Å². The number of Topliss-reactive ketones (excluding diaryl/α,β-unsaturated/α-hetero) is 1. The summed E-state index contributed by atoms with van der Waals surface area (Å²) in [5.41, 5.74) is -3.21. The number of cyclic esters (lactones) is 1. The van der Waals surface area contributed by atoms with Gasteiger partial charge in [-0.15, -0.1) is 0 Å². The number of ketones is 1. The van der Waals surface area contributed by atoms with Crippen LogP contribution in [0.25, 0.3) is 10.9 Å². The number of fused-ring (bicyclic) bond motifs is 1. The molecule has 0 aliphatic carbocycles. The smallest absolute Gasteiger partial charge is 0.343 e. The third-order valence-electron chi connectivity index (χ3n) is 16.9. The van der Waals surface area contributed by atoms with Gasteiger partial charge in [-0.05, 0) is 133 Å². The number of nitrogens with one attached hydrogen (secondary N) is 1. The topological polar surface area (TPSA) is 249 Å². The van der Waals surface area contributed by atoms with Gasteiger partial charge in [0.15, 0.2) is 18.7 Å². The number of methoxy groups -OCH3 is 2. The molecule has 0 amide bonds. The van der Waals surface area contributed by atoms with E-state index >= 15 is 0 Å². The zero-order chi connectivity index (χ0) is 59.1. The molecule has 1 aromatic carbocycles. The molecule has 18 atom stereocenters. The van der Waals surface area contributed by atoms with Crippen molar-refractivity contribution in [2.45, 2.75) is 232 Å². The summed E-state index contributed by atoms with van der Waals surface area (Å²) in [4.78, 5) is 70.5. The highest BCUT2D eigenvalue weighted by Crippen LogP contribution is 2.42. The van der Waals surface area contributed by atoms with Crippen LogP contribution in [0, 0.1) is 23.7 Å². The van der Waals surface area contributed by atoms with Gasteiger partial charge < -0.3 is 72.7 Å². The first-order valence-electron chi connectivity index (χ1n) is 28.5. The number of aliphatic hydroxyl groups excluding tert-OH is 2. The van der Waals surface area contributed by atoms with Gasteiger partial charge in [0.05, 0.1) is 60.1 Å². The lowest BCUT2D eigenvalue weighted by Gasteiger charge is -2.50. The Balaban J connectivity index is 1.34. The molecule has 4 heterocycles. The Kier molecular flexibility index (Phi) is 23.3. The largest absolute Gasteiger partial charge is 0.459 e. The summed E-state index contributed by atoms with van der Waals surface area (Å²) >= 11 is 0. The minimum absolute atomic E-state index is 0.000481. The van der Waals surface area contributed by atoms with Crippen molar-refractivity contribution in [1.82, 2.24) is 14.8 Å². The van der Waals surface area contributed by atoms with E-state index in [1.807, 2.05) is 62.5 Å². The van der Waals surface area contributed by atoms with Crippen molar-refractivity contribution in [3.63, 3.8) is 0 Å². The molecule has 0 spiro atoms. The molecule has 0 bridgehead atoms. The number of pyridine rings is 1. The summed E-state index contributed by atoms with van der Waals surface area (Å²) in [7, 11) is 6.74. The molecule has 20 nitrogen and oxygen atoms in total. The molecule has 0 unspecified atom stereocenters. The number of aryl methyl sites for hydroxylation is 2. The van der Waals surface area contributed by atoms with Crippen LogP contribution < -0.4 is 10.7 Å². The predicted molar refractivity (Wildman–Crippen MR) is 295 cm³/mol. The van der Waals surface area contributed by atoms with Gasteiger partial charge in [-0.25, -0.2) is 4.79 Å². The lowest BCUT2D eigenvalue weighted by molar-refractivity contribution is -0.320. The molecule has 79 heavy (non-hydrogen) atoms. The first-order valence-corrected chi connectivity index (χ1v) is 28.5.